The second-order valence-electron chi connectivity index (χ2n) is 5.23. The molecule has 0 aliphatic carbocycles. The molecule has 0 radical (unpaired) electrons. The number of nitrogens with one attached hydrogen (secondary N) is 1. The zero-order valence-electron chi connectivity index (χ0n) is 11.9. The zero-order valence-corrected chi connectivity index (χ0v) is 13.4. The van der Waals surface area contributed by atoms with Crippen LogP contribution in [0.5, 0.6) is 11.5 Å². The summed E-state index contributed by atoms with van der Waals surface area (Å²) in [6.45, 7) is 0.948. The molecule has 1 N–H and O–H groups in total. The minimum Gasteiger partial charge on any atom is -0.486 e. The number of carbonyl (C=O) groups is 1. The summed E-state index contributed by atoms with van der Waals surface area (Å²) in [5, 5.41) is 3.85. The average Bonchev–Trinajstić information content (AvgIpc) is 2.83. The quantitative estimate of drug-likeness (QED) is 0.784. The summed E-state index contributed by atoms with van der Waals surface area (Å²) in [5.74, 6) is 0.952. The molecule has 4 nitrogen and oxygen atoms in total. The summed E-state index contributed by atoms with van der Waals surface area (Å²) in [4.78, 5) is 12.2. The summed E-state index contributed by atoms with van der Waals surface area (Å²) in [6.07, 6.45) is 1.77. The number of hydrogen-bond acceptors (Lipinski definition) is 3. The van der Waals surface area contributed by atoms with E-state index < -0.39 is 0 Å². The van der Waals surface area contributed by atoms with Crippen molar-refractivity contribution in [1.82, 2.24) is 0 Å². The van der Waals surface area contributed by atoms with E-state index >= 15 is 0 Å². The second kappa shape index (κ2) is 5.48. The lowest BCUT2D eigenvalue weighted by Crippen LogP contribution is -2.15. The number of fused-ring (bicyclic) bond motifs is 2. The minimum atomic E-state index is -0.173. The van der Waals surface area contributed by atoms with Gasteiger partial charge in [0.05, 0.1) is 5.02 Å². The Morgan fingerprint density at radius 2 is 1.91 bits per heavy atom. The van der Waals surface area contributed by atoms with Gasteiger partial charge in [0.25, 0.3) is 5.91 Å². The average molecular weight is 348 g/mol. The van der Waals surface area contributed by atoms with Crippen LogP contribution in [0.2, 0.25) is 10.0 Å². The number of ether oxygens (including phenoxy) is 2. The first-order valence-electron chi connectivity index (χ1n) is 7.04. The van der Waals surface area contributed by atoms with Crippen molar-refractivity contribution in [2.75, 3.05) is 18.5 Å². The molecule has 1 amide bonds. The number of carbonyl (C=O) groups excluding carboxylic acids is 1. The molecular formula is C17H11Cl2NO3. The maximum Gasteiger partial charge on any atom is 0.256 e. The molecule has 4 rings (SSSR count). The molecule has 0 unspecified atom stereocenters. The van der Waals surface area contributed by atoms with Crippen molar-refractivity contribution in [2.24, 2.45) is 0 Å². The van der Waals surface area contributed by atoms with E-state index in [4.69, 9.17) is 32.7 Å². The molecule has 2 aliphatic rings. The lowest BCUT2D eigenvalue weighted by Gasteiger charge is -2.19. The third-order valence-corrected chi connectivity index (χ3v) is 4.21. The highest BCUT2D eigenvalue weighted by Crippen LogP contribution is 2.40. The van der Waals surface area contributed by atoms with Crippen molar-refractivity contribution in [3.05, 3.63) is 51.5 Å². The molecule has 0 fully saturated rings. The van der Waals surface area contributed by atoms with Gasteiger partial charge >= 0.3 is 0 Å². The maximum absolute atomic E-state index is 12.2. The first-order valence-corrected chi connectivity index (χ1v) is 7.79. The van der Waals surface area contributed by atoms with E-state index in [0.717, 1.165) is 16.8 Å². The van der Waals surface area contributed by atoms with Gasteiger partial charge in [0.1, 0.15) is 13.2 Å². The first kappa shape index (κ1) is 14.4. The SMILES string of the molecule is O=C1Nc2ccc(Cl)cc2/C1=C/c1cc(Cl)c2c(c1)OCCO2. The molecule has 2 aromatic rings. The van der Waals surface area contributed by atoms with Gasteiger partial charge in [0, 0.05) is 21.8 Å². The first-order chi connectivity index (χ1) is 11.1. The third kappa shape index (κ3) is 2.54. The van der Waals surface area contributed by atoms with Gasteiger partial charge in [-0.1, -0.05) is 23.2 Å². The Bertz CT molecular complexity index is 861. The highest BCUT2D eigenvalue weighted by molar-refractivity contribution is 6.37. The van der Waals surface area contributed by atoms with Gasteiger partial charge in [-0.05, 0) is 42.0 Å². The molecule has 0 aromatic heterocycles. The van der Waals surface area contributed by atoms with Gasteiger partial charge in [-0.15, -0.1) is 0 Å². The van der Waals surface area contributed by atoms with Crippen molar-refractivity contribution in [3.8, 4) is 11.5 Å². The van der Waals surface area contributed by atoms with E-state index in [1.54, 1.807) is 30.3 Å². The van der Waals surface area contributed by atoms with Gasteiger partial charge < -0.3 is 14.8 Å². The van der Waals surface area contributed by atoms with Crippen LogP contribution in [0.25, 0.3) is 11.6 Å². The maximum atomic E-state index is 12.2. The summed E-state index contributed by atoms with van der Waals surface area (Å²) in [6, 6.07) is 8.85. The Labute approximate surface area is 142 Å². The van der Waals surface area contributed by atoms with Crippen LogP contribution >= 0.6 is 23.2 Å². The van der Waals surface area contributed by atoms with Gasteiger partial charge in [-0.2, -0.15) is 0 Å². The molecule has 2 aromatic carbocycles. The minimum absolute atomic E-state index is 0.173. The number of halogens is 2. The van der Waals surface area contributed by atoms with Gasteiger partial charge in [0.15, 0.2) is 11.5 Å². The van der Waals surface area contributed by atoms with Gasteiger partial charge in [-0.25, -0.2) is 0 Å². The van der Waals surface area contributed by atoms with Crippen molar-refractivity contribution < 1.29 is 14.3 Å². The molecule has 0 saturated heterocycles. The highest BCUT2D eigenvalue weighted by atomic mass is 35.5. The predicted octanol–water partition coefficient (Wildman–Crippen LogP) is 4.26. The molecular weight excluding hydrogens is 337 g/mol. The van der Waals surface area contributed by atoms with Crippen molar-refractivity contribution in [2.45, 2.75) is 0 Å². The Balaban J connectivity index is 1.81. The number of anilines is 1. The Morgan fingerprint density at radius 1 is 1.09 bits per heavy atom. The molecule has 23 heavy (non-hydrogen) atoms. The molecule has 0 saturated carbocycles. The van der Waals surface area contributed by atoms with Crippen LogP contribution in [-0.4, -0.2) is 19.1 Å². The van der Waals surface area contributed by atoms with Crippen LogP contribution in [0.3, 0.4) is 0 Å². The monoisotopic (exact) mass is 347 g/mol. The lowest BCUT2D eigenvalue weighted by molar-refractivity contribution is -0.110. The van der Waals surface area contributed by atoms with E-state index in [1.165, 1.54) is 0 Å². The van der Waals surface area contributed by atoms with Crippen LogP contribution in [-0.2, 0) is 4.79 Å². The van der Waals surface area contributed by atoms with Crippen LogP contribution in [0.1, 0.15) is 11.1 Å². The topological polar surface area (TPSA) is 47.6 Å². The van der Waals surface area contributed by atoms with E-state index in [1.807, 2.05) is 6.07 Å². The van der Waals surface area contributed by atoms with Crippen LogP contribution in [0.4, 0.5) is 5.69 Å². The molecule has 0 bridgehead atoms. The van der Waals surface area contributed by atoms with E-state index in [2.05, 4.69) is 5.32 Å². The van der Waals surface area contributed by atoms with E-state index in [-0.39, 0.29) is 5.91 Å². The van der Waals surface area contributed by atoms with Crippen molar-refractivity contribution in [3.63, 3.8) is 0 Å². The third-order valence-electron chi connectivity index (χ3n) is 3.69. The summed E-state index contributed by atoms with van der Waals surface area (Å²) in [5.41, 5.74) is 2.82. The molecule has 6 heteroatoms. The number of amides is 1. The summed E-state index contributed by atoms with van der Waals surface area (Å²) >= 11 is 12.3. The predicted molar refractivity (Wildman–Crippen MR) is 90.4 cm³/mol. The Morgan fingerprint density at radius 3 is 2.78 bits per heavy atom. The number of rotatable bonds is 1. The Kier molecular flexibility index (Phi) is 3.43. The van der Waals surface area contributed by atoms with Gasteiger partial charge in [-0.3, -0.25) is 4.79 Å². The van der Waals surface area contributed by atoms with Crippen molar-refractivity contribution >= 4 is 46.4 Å². The second-order valence-corrected chi connectivity index (χ2v) is 6.07. The fourth-order valence-corrected chi connectivity index (χ4v) is 3.13. The standard InChI is InChI=1S/C17H11Cl2NO3/c18-10-1-2-14-11(8-10)12(17(21)20-14)5-9-6-13(19)16-15(7-9)22-3-4-23-16/h1-2,5-8H,3-4H2,(H,20,21)/b12-5-. The smallest absolute Gasteiger partial charge is 0.256 e. The zero-order chi connectivity index (χ0) is 16.0. The molecule has 116 valence electrons. The molecule has 2 heterocycles. The van der Waals surface area contributed by atoms with Gasteiger partial charge in [0.2, 0.25) is 0 Å². The summed E-state index contributed by atoms with van der Waals surface area (Å²) < 4.78 is 11.1. The summed E-state index contributed by atoms with van der Waals surface area (Å²) in [7, 11) is 0. The fourth-order valence-electron chi connectivity index (χ4n) is 2.68. The number of benzene rings is 2. The molecule has 2 aliphatic heterocycles. The normalized spacial score (nSPS) is 17.1. The van der Waals surface area contributed by atoms with Crippen LogP contribution in [0, 0.1) is 0 Å². The van der Waals surface area contributed by atoms with Crippen LogP contribution < -0.4 is 14.8 Å². The number of hydrogen-bond donors (Lipinski definition) is 1. The van der Waals surface area contributed by atoms with E-state index in [0.29, 0.717) is 40.3 Å². The lowest BCUT2D eigenvalue weighted by atomic mass is 10.0. The fraction of sp³-hybridized carbons (Fsp3) is 0.118. The largest absolute Gasteiger partial charge is 0.486 e. The van der Waals surface area contributed by atoms with Crippen LogP contribution in [0.15, 0.2) is 30.3 Å². The molecule has 0 spiro atoms. The highest BCUT2D eigenvalue weighted by Gasteiger charge is 2.25. The molecule has 0 atom stereocenters. The van der Waals surface area contributed by atoms with Crippen molar-refractivity contribution in [1.29, 1.82) is 0 Å². The van der Waals surface area contributed by atoms with E-state index in [9.17, 15) is 4.79 Å². The Hall–Kier alpha value is -2.17.